The second-order valence-corrected chi connectivity index (χ2v) is 5.36. The molecule has 0 unspecified atom stereocenters. The number of amides is 1. The summed E-state index contributed by atoms with van der Waals surface area (Å²) < 4.78 is 0.776. The number of carbonyl (C=O) groups excluding carboxylic acids is 1. The van der Waals surface area contributed by atoms with E-state index in [9.17, 15) is 4.79 Å². The summed E-state index contributed by atoms with van der Waals surface area (Å²) in [6.45, 7) is 1.91. The van der Waals surface area contributed by atoms with Crippen molar-refractivity contribution in [2.45, 2.75) is 6.92 Å². The molecule has 0 atom stereocenters. The number of nitrogens with zero attached hydrogens (tertiary/aromatic N) is 1. The van der Waals surface area contributed by atoms with Crippen molar-refractivity contribution in [3.05, 3.63) is 57.6 Å². The second-order valence-electron chi connectivity index (χ2n) is 4.45. The summed E-state index contributed by atoms with van der Waals surface area (Å²) in [7, 11) is 0. The molecule has 0 fully saturated rings. The lowest BCUT2D eigenvalue weighted by Gasteiger charge is -2.11. The predicted octanol–water partition coefficient (Wildman–Crippen LogP) is 3.17. The number of nitrogens with one attached hydrogen (secondary N) is 2. The standard InChI is InChI=1S/C15H13BrN4O/c1-9-2-5-12(14(6-9)20-18)15(21)19-13-7-11(16)4-3-10(13)8-17/h2-7,20H,18H2,1H3,(H,19,21). The third kappa shape index (κ3) is 3.40. The minimum absolute atomic E-state index is 0.336. The van der Waals surface area contributed by atoms with Crippen molar-refractivity contribution in [3.8, 4) is 6.07 Å². The molecule has 0 saturated heterocycles. The quantitative estimate of drug-likeness (QED) is 0.589. The van der Waals surface area contributed by atoms with Crippen molar-refractivity contribution >= 4 is 33.2 Å². The number of hydrazine groups is 1. The molecule has 0 aromatic heterocycles. The van der Waals surface area contributed by atoms with Gasteiger partial charge >= 0.3 is 0 Å². The maximum absolute atomic E-state index is 12.4. The molecule has 0 bridgehead atoms. The summed E-state index contributed by atoms with van der Waals surface area (Å²) in [5, 5.41) is 11.8. The Labute approximate surface area is 130 Å². The Morgan fingerprint density at radius 1 is 1.24 bits per heavy atom. The molecule has 2 aromatic rings. The number of nitrogens with two attached hydrogens (primary N) is 1. The van der Waals surface area contributed by atoms with Crippen molar-refractivity contribution in [1.29, 1.82) is 5.26 Å². The first-order valence-corrected chi connectivity index (χ1v) is 6.92. The molecule has 0 aliphatic carbocycles. The van der Waals surface area contributed by atoms with Gasteiger partial charge in [-0.25, -0.2) is 0 Å². The van der Waals surface area contributed by atoms with Gasteiger partial charge in [-0.2, -0.15) is 5.26 Å². The topological polar surface area (TPSA) is 90.9 Å². The Kier molecular flexibility index (Phi) is 4.58. The number of anilines is 2. The van der Waals surface area contributed by atoms with Crippen LogP contribution < -0.4 is 16.6 Å². The zero-order valence-corrected chi connectivity index (χ0v) is 12.9. The highest BCUT2D eigenvalue weighted by Gasteiger charge is 2.13. The first kappa shape index (κ1) is 15.0. The zero-order valence-electron chi connectivity index (χ0n) is 11.3. The summed E-state index contributed by atoms with van der Waals surface area (Å²) in [6.07, 6.45) is 0. The van der Waals surface area contributed by atoms with E-state index in [1.165, 1.54) is 0 Å². The van der Waals surface area contributed by atoms with Crippen LogP contribution in [-0.4, -0.2) is 5.91 Å². The lowest BCUT2D eigenvalue weighted by molar-refractivity contribution is 0.102. The lowest BCUT2D eigenvalue weighted by Crippen LogP contribution is -2.18. The van der Waals surface area contributed by atoms with Crippen LogP contribution in [0.4, 0.5) is 11.4 Å². The van der Waals surface area contributed by atoms with Crippen LogP contribution >= 0.6 is 15.9 Å². The van der Waals surface area contributed by atoms with Gasteiger partial charge in [0.15, 0.2) is 0 Å². The lowest BCUT2D eigenvalue weighted by atomic mass is 10.1. The fourth-order valence-electron chi connectivity index (χ4n) is 1.88. The minimum atomic E-state index is -0.336. The van der Waals surface area contributed by atoms with Gasteiger partial charge < -0.3 is 10.7 Å². The Morgan fingerprint density at radius 2 is 2.00 bits per heavy atom. The molecule has 21 heavy (non-hydrogen) atoms. The maximum Gasteiger partial charge on any atom is 0.257 e. The monoisotopic (exact) mass is 344 g/mol. The molecule has 0 heterocycles. The van der Waals surface area contributed by atoms with Crippen LogP contribution in [0.25, 0.3) is 0 Å². The largest absolute Gasteiger partial charge is 0.323 e. The molecule has 1 amide bonds. The van der Waals surface area contributed by atoms with Crippen LogP contribution in [0.1, 0.15) is 21.5 Å². The number of nitrogen functional groups attached to an aromatic ring is 1. The molecule has 0 aliphatic heterocycles. The van der Waals surface area contributed by atoms with Gasteiger partial charge in [-0.1, -0.05) is 22.0 Å². The third-order valence-corrected chi connectivity index (χ3v) is 3.42. The van der Waals surface area contributed by atoms with Gasteiger partial charge in [0.1, 0.15) is 6.07 Å². The number of aryl methyl sites for hydroxylation is 1. The van der Waals surface area contributed by atoms with E-state index in [1.54, 1.807) is 30.3 Å². The number of hydrogen-bond acceptors (Lipinski definition) is 4. The highest BCUT2D eigenvalue weighted by Crippen LogP contribution is 2.23. The van der Waals surface area contributed by atoms with E-state index in [4.69, 9.17) is 11.1 Å². The fourth-order valence-corrected chi connectivity index (χ4v) is 2.24. The van der Waals surface area contributed by atoms with Gasteiger partial charge in [0.25, 0.3) is 5.91 Å². The van der Waals surface area contributed by atoms with E-state index in [1.807, 2.05) is 19.1 Å². The Morgan fingerprint density at radius 3 is 2.67 bits per heavy atom. The van der Waals surface area contributed by atoms with Crippen molar-refractivity contribution in [3.63, 3.8) is 0 Å². The van der Waals surface area contributed by atoms with Crippen LogP contribution in [0.5, 0.6) is 0 Å². The SMILES string of the molecule is Cc1ccc(C(=O)Nc2cc(Br)ccc2C#N)c(NN)c1. The number of benzene rings is 2. The highest BCUT2D eigenvalue weighted by molar-refractivity contribution is 9.10. The van der Waals surface area contributed by atoms with E-state index >= 15 is 0 Å². The average Bonchev–Trinajstić information content (AvgIpc) is 2.47. The van der Waals surface area contributed by atoms with Gasteiger partial charge in [0, 0.05) is 4.47 Å². The number of hydrogen-bond donors (Lipinski definition) is 3. The molecule has 2 aromatic carbocycles. The van der Waals surface area contributed by atoms with Crippen LogP contribution in [0.15, 0.2) is 40.9 Å². The summed E-state index contributed by atoms with van der Waals surface area (Å²) in [4.78, 5) is 12.4. The fraction of sp³-hybridized carbons (Fsp3) is 0.0667. The van der Waals surface area contributed by atoms with Crippen LogP contribution in [0.2, 0.25) is 0 Å². The van der Waals surface area contributed by atoms with E-state index < -0.39 is 0 Å². The Hall–Kier alpha value is -2.36. The second kappa shape index (κ2) is 6.39. The van der Waals surface area contributed by atoms with E-state index in [0.717, 1.165) is 10.0 Å². The molecule has 4 N–H and O–H groups in total. The van der Waals surface area contributed by atoms with Crippen molar-refractivity contribution in [1.82, 2.24) is 0 Å². The number of nitriles is 1. The molecule has 0 aliphatic rings. The predicted molar refractivity (Wildman–Crippen MR) is 85.8 cm³/mol. The Bertz CT molecular complexity index is 737. The first-order chi connectivity index (χ1) is 10.0. The average molecular weight is 345 g/mol. The molecule has 6 heteroatoms. The molecule has 106 valence electrons. The van der Waals surface area contributed by atoms with E-state index in [2.05, 4.69) is 26.7 Å². The van der Waals surface area contributed by atoms with Crippen molar-refractivity contribution in [2.75, 3.05) is 10.7 Å². The van der Waals surface area contributed by atoms with Crippen LogP contribution in [0, 0.1) is 18.3 Å². The van der Waals surface area contributed by atoms with Gasteiger partial charge in [-0.05, 0) is 42.8 Å². The van der Waals surface area contributed by atoms with Crippen molar-refractivity contribution < 1.29 is 4.79 Å². The number of halogens is 1. The van der Waals surface area contributed by atoms with Crippen LogP contribution in [-0.2, 0) is 0 Å². The molecular weight excluding hydrogens is 332 g/mol. The summed E-state index contributed by atoms with van der Waals surface area (Å²) in [5.41, 5.74) is 5.27. The van der Waals surface area contributed by atoms with Crippen molar-refractivity contribution in [2.24, 2.45) is 5.84 Å². The maximum atomic E-state index is 12.4. The zero-order chi connectivity index (χ0) is 15.4. The smallest absolute Gasteiger partial charge is 0.257 e. The number of carbonyl (C=O) groups is 1. The van der Waals surface area contributed by atoms with Gasteiger partial charge in [-0.15, -0.1) is 0 Å². The van der Waals surface area contributed by atoms with Gasteiger partial charge in [0.05, 0.1) is 22.5 Å². The van der Waals surface area contributed by atoms with Gasteiger partial charge in [0.2, 0.25) is 0 Å². The third-order valence-electron chi connectivity index (χ3n) is 2.93. The first-order valence-electron chi connectivity index (χ1n) is 6.13. The normalized spacial score (nSPS) is 9.81. The molecule has 0 radical (unpaired) electrons. The summed E-state index contributed by atoms with van der Waals surface area (Å²) in [5.74, 6) is 5.11. The molecule has 5 nitrogen and oxygen atoms in total. The minimum Gasteiger partial charge on any atom is -0.323 e. The van der Waals surface area contributed by atoms with E-state index in [0.29, 0.717) is 22.5 Å². The molecular formula is C15H13BrN4O. The molecule has 2 rings (SSSR count). The highest BCUT2D eigenvalue weighted by atomic mass is 79.9. The van der Waals surface area contributed by atoms with E-state index in [-0.39, 0.29) is 5.91 Å². The Balaban J connectivity index is 2.35. The van der Waals surface area contributed by atoms with Gasteiger partial charge in [-0.3, -0.25) is 10.6 Å². The number of rotatable bonds is 3. The van der Waals surface area contributed by atoms with Crippen LogP contribution in [0.3, 0.4) is 0 Å². The summed E-state index contributed by atoms with van der Waals surface area (Å²) in [6, 6.07) is 12.4. The molecule has 0 saturated carbocycles. The summed E-state index contributed by atoms with van der Waals surface area (Å²) >= 11 is 3.32. The molecule has 0 spiro atoms.